The lowest BCUT2D eigenvalue weighted by Gasteiger charge is -2.07. The van der Waals surface area contributed by atoms with Gasteiger partial charge in [-0.3, -0.25) is 4.68 Å². The fourth-order valence-corrected chi connectivity index (χ4v) is 1.84. The molecule has 1 aromatic carbocycles. The van der Waals surface area contributed by atoms with Gasteiger partial charge in [0.2, 0.25) is 0 Å². The molecule has 0 N–H and O–H groups in total. The molecule has 0 aliphatic heterocycles. The van der Waals surface area contributed by atoms with Crippen molar-refractivity contribution in [2.75, 3.05) is 7.11 Å². The number of ether oxygens (including phenoxy) is 1. The largest absolute Gasteiger partial charge is 0.496 e. The quantitative estimate of drug-likeness (QED) is 0.827. The minimum atomic E-state index is 0.464. The summed E-state index contributed by atoms with van der Waals surface area (Å²) >= 11 is 0. The lowest BCUT2D eigenvalue weighted by atomic mass is 10.1. The molecule has 4 nitrogen and oxygen atoms in total. The van der Waals surface area contributed by atoms with E-state index in [2.05, 4.69) is 17.2 Å². The van der Waals surface area contributed by atoms with Crippen molar-refractivity contribution in [1.82, 2.24) is 9.78 Å². The Hall–Kier alpha value is -2.28. The summed E-state index contributed by atoms with van der Waals surface area (Å²) < 4.78 is 7.13. The third-order valence-corrected chi connectivity index (χ3v) is 2.75. The van der Waals surface area contributed by atoms with Gasteiger partial charge in [0, 0.05) is 17.3 Å². The maximum atomic E-state index is 8.56. The van der Waals surface area contributed by atoms with E-state index in [0.717, 1.165) is 16.9 Å². The third kappa shape index (κ3) is 2.51. The summed E-state index contributed by atoms with van der Waals surface area (Å²) in [6, 6.07) is 8.16. The van der Waals surface area contributed by atoms with E-state index < -0.39 is 0 Å². The van der Waals surface area contributed by atoms with Crippen LogP contribution in [0.1, 0.15) is 12.0 Å². The van der Waals surface area contributed by atoms with Gasteiger partial charge in [-0.15, -0.1) is 0 Å². The lowest BCUT2D eigenvalue weighted by molar-refractivity contribution is 0.416. The van der Waals surface area contributed by atoms with E-state index in [1.165, 1.54) is 5.56 Å². The molecule has 0 fully saturated rings. The van der Waals surface area contributed by atoms with Crippen LogP contribution in [0.5, 0.6) is 5.75 Å². The van der Waals surface area contributed by atoms with Crippen LogP contribution < -0.4 is 4.74 Å². The second kappa shape index (κ2) is 5.37. The Morgan fingerprint density at radius 3 is 3.00 bits per heavy atom. The number of nitrogens with zero attached hydrogens (tertiary/aromatic N) is 3. The number of aryl methyl sites for hydroxylation is 2. The smallest absolute Gasteiger partial charge is 0.126 e. The first kappa shape index (κ1) is 12.2. The van der Waals surface area contributed by atoms with Crippen molar-refractivity contribution in [3.05, 3.63) is 36.2 Å². The average molecular weight is 241 g/mol. The van der Waals surface area contributed by atoms with Crippen LogP contribution in [0.4, 0.5) is 0 Å². The second-order valence-electron chi connectivity index (χ2n) is 4.10. The number of hydrogen-bond acceptors (Lipinski definition) is 3. The summed E-state index contributed by atoms with van der Waals surface area (Å²) in [6.45, 7) is 2.66. The summed E-state index contributed by atoms with van der Waals surface area (Å²) in [4.78, 5) is 0. The topological polar surface area (TPSA) is 50.8 Å². The first-order valence-electron chi connectivity index (χ1n) is 5.79. The number of aromatic nitrogens is 2. The Morgan fingerprint density at radius 1 is 1.44 bits per heavy atom. The molecule has 2 aromatic rings. The predicted molar refractivity (Wildman–Crippen MR) is 69.2 cm³/mol. The minimum Gasteiger partial charge on any atom is -0.496 e. The summed E-state index contributed by atoms with van der Waals surface area (Å²) in [6.07, 6.45) is 4.20. The van der Waals surface area contributed by atoms with Gasteiger partial charge in [0.05, 0.1) is 32.3 Å². The molecule has 0 spiro atoms. The minimum absolute atomic E-state index is 0.464. The number of hydrogen-bond donors (Lipinski definition) is 0. The molecule has 0 saturated carbocycles. The molecule has 18 heavy (non-hydrogen) atoms. The molecule has 0 aliphatic rings. The van der Waals surface area contributed by atoms with Gasteiger partial charge in [-0.2, -0.15) is 10.4 Å². The third-order valence-electron chi connectivity index (χ3n) is 2.75. The Labute approximate surface area is 106 Å². The summed E-state index contributed by atoms with van der Waals surface area (Å²) in [5, 5.41) is 12.8. The van der Waals surface area contributed by atoms with E-state index in [9.17, 15) is 0 Å². The monoisotopic (exact) mass is 241 g/mol. The van der Waals surface area contributed by atoms with Crippen molar-refractivity contribution in [2.45, 2.75) is 19.9 Å². The van der Waals surface area contributed by atoms with E-state index in [1.54, 1.807) is 18.0 Å². The van der Waals surface area contributed by atoms with Crippen LogP contribution in [0.25, 0.3) is 11.1 Å². The van der Waals surface area contributed by atoms with Crippen molar-refractivity contribution in [2.24, 2.45) is 0 Å². The molecule has 0 amide bonds. The fraction of sp³-hybridized carbons (Fsp3) is 0.286. The number of methoxy groups -OCH3 is 1. The molecule has 92 valence electrons. The van der Waals surface area contributed by atoms with Crippen molar-refractivity contribution >= 4 is 0 Å². The van der Waals surface area contributed by atoms with Gasteiger partial charge in [-0.1, -0.05) is 11.6 Å². The van der Waals surface area contributed by atoms with Crippen molar-refractivity contribution in [3.8, 4) is 22.9 Å². The molecular weight excluding hydrogens is 226 g/mol. The summed E-state index contributed by atoms with van der Waals surface area (Å²) in [7, 11) is 1.66. The predicted octanol–water partition coefficient (Wildman–Crippen LogP) is 2.78. The van der Waals surface area contributed by atoms with E-state index in [0.29, 0.717) is 13.0 Å². The van der Waals surface area contributed by atoms with Crippen LogP contribution in [0.15, 0.2) is 30.6 Å². The van der Waals surface area contributed by atoms with Gasteiger partial charge in [0.15, 0.2) is 0 Å². The van der Waals surface area contributed by atoms with Gasteiger partial charge < -0.3 is 4.74 Å². The van der Waals surface area contributed by atoms with Crippen LogP contribution in [-0.2, 0) is 6.54 Å². The second-order valence-corrected chi connectivity index (χ2v) is 4.10. The molecule has 1 aromatic heterocycles. The average Bonchev–Trinajstić information content (AvgIpc) is 2.85. The number of rotatable bonds is 4. The van der Waals surface area contributed by atoms with Crippen LogP contribution in [0.2, 0.25) is 0 Å². The van der Waals surface area contributed by atoms with Crippen LogP contribution in [0.3, 0.4) is 0 Å². The standard InChI is InChI=1S/C14H15N3O/c1-11-4-5-14(18-2)13(8-11)12-9-16-17(10-12)7-3-6-15/h4-5,8-10H,3,7H2,1-2H3. The Morgan fingerprint density at radius 2 is 2.28 bits per heavy atom. The van der Waals surface area contributed by atoms with E-state index in [4.69, 9.17) is 10.00 Å². The Bertz CT molecular complexity index is 581. The normalized spacial score (nSPS) is 10.1. The maximum Gasteiger partial charge on any atom is 0.126 e. The molecule has 4 heteroatoms. The van der Waals surface area contributed by atoms with E-state index in [-0.39, 0.29) is 0 Å². The van der Waals surface area contributed by atoms with Crippen molar-refractivity contribution in [3.63, 3.8) is 0 Å². The number of nitriles is 1. The van der Waals surface area contributed by atoms with Gasteiger partial charge in [-0.25, -0.2) is 0 Å². The summed E-state index contributed by atoms with van der Waals surface area (Å²) in [5.74, 6) is 0.834. The van der Waals surface area contributed by atoms with E-state index in [1.807, 2.05) is 25.3 Å². The molecule has 0 atom stereocenters. The first-order valence-corrected chi connectivity index (χ1v) is 5.79. The molecule has 0 saturated heterocycles. The van der Waals surface area contributed by atoms with Gasteiger partial charge in [0.1, 0.15) is 5.75 Å². The molecular formula is C14H15N3O. The zero-order valence-electron chi connectivity index (χ0n) is 10.6. The van der Waals surface area contributed by atoms with E-state index >= 15 is 0 Å². The maximum absolute atomic E-state index is 8.56. The summed E-state index contributed by atoms with van der Waals surface area (Å²) in [5.41, 5.74) is 3.21. The highest BCUT2D eigenvalue weighted by molar-refractivity contribution is 5.70. The van der Waals surface area contributed by atoms with Gasteiger partial charge in [0.25, 0.3) is 0 Å². The fourth-order valence-electron chi connectivity index (χ4n) is 1.84. The van der Waals surface area contributed by atoms with Crippen LogP contribution in [-0.4, -0.2) is 16.9 Å². The Balaban J connectivity index is 2.33. The van der Waals surface area contributed by atoms with Gasteiger partial charge >= 0.3 is 0 Å². The highest BCUT2D eigenvalue weighted by Crippen LogP contribution is 2.30. The SMILES string of the molecule is COc1ccc(C)cc1-c1cnn(CCC#N)c1. The zero-order valence-corrected chi connectivity index (χ0v) is 10.6. The first-order chi connectivity index (χ1) is 8.74. The lowest BCUT2D eigenvalue weighted by Crippen LogP contribution is -1.96. The molecule has 1 heterocycles. The molecule has 0 bridgehead atoms. The highest BCUT2D eigenvalue weighted by Gasteiger charge is 2.08. The van der Waals surface area contributed by atoms with Crippen molar-refractivity contribution < 1.29 is 4.74 Å². The number of benzene rings is 1. The zero-order chi connectivity index (χ0) is 13.0. The van der Waals surface area contributed by atoms with Crippen molar-refractivity contribution in [1.29, 1.82) is 5.26 Å². The highest BCUT2D eigenvalue weighted by atomic mass is 16.5. The Kier molecular flexibility index (Phi) is 3.63. The molecule has 0 aliphatic carbocycles. The van der Waals surface area contributed by atoms with Gasteiger partial charge in [-0.05, 0) is 19.1 Å². The van der Waals surface area contributed by atoms with Crippen LogP contribution >= 0.6 is 0 Å². The molecule has 2 rings (SSSR count). The molecule has 0 unspecified atom stereocenters. The van der Waals surface area contributed by atoms with Crippen LogP contribution in [0, 0.1) is 18.3 Å². The molecule has 0 radical (unpaired) electrons.